The van der Waals surface area contributed by atoms with Crippen molar-refractivity contribution in [1.29, 1.82) is 0 Å². The molecule has 1 rings (SSSR count). The third-order valence-electron chi connectivity index (χ3n) is 4.83. The summed E-state index contributed by atoms with van der Waals surface area (Å²) in [6.07, 6.45) is 6.31. The van der Waals surface area contributed by atoms with E-state index in [1.54, 1.807) is 0 Å². The Kier molecular flexibility index (Phi) is 7.52. The van der Waals surface area contributed by atoms with Crippen LogP contribution < -0.4 is 11.1 Å². The lowest BCUT2D eigenvalue weighted by Crippen LogP contribution is -2.47. The summed E-state index contributed by atoms with van der Waals surface area (Å²) in [6, 6.07) is 0.634. The molecule has 1 aliphatic rings. The molecular weight excluding hydrogens is 250 g/mol. The summed E-state index contributed by atoms with van der Waals surface area (Å²) < 4.78 is 0. The first-order valence-corrected chi connectivity index (χ1v) is 8.19. The minimum absolute atomic E-state index is 0.128. The van der Waals surface area contributed by atoms with Gasteiger partial charge in [-0.15, -0.1) is 0 Å². The van der Waals surface area contributed by atoms with Crippen LogP contribution in [-0.4, -0.2) is 43.5 Å². The second-order valence-electron chi connectivity index (χ2n) is 6.48. The summed E-state index contributed by atoms with van der Waals surface area (Å²) in [7, 11) is 4.21. The highest BCUT2D eigenvalue weighted by molar-refractivity contribution is 5.78. The van der Waals surface area contributed by atoms with Gasteiger partial charge in [0.25, 0.3) is 0 Å². The zero-order valence-corrected chi connectivity index (χ0v) is 13.7. The van der Waals surface area contributed by atoms with Crippen molar-refractivity contribution < 1.29 is 4.79 Å². The number of likely N-dealkylation sites (N-methyl/N-ethyl adjacent to an activating group) is 1. The summed E-state index contributed by atoms with van der Waals surface area (Å²) in [5, 5.41) is 3.17. The monoisotopic (exact) mass is 283 g/mol. The fraction of sp³-hybridized carbons (Fsp3) is 0.938. The van der Waals surface area contributed by atoms with Gasteiger partial charge in [-0.05, 0) is 39.3 Å². The van der Waals surface area contributed by atoms with E-state index in [4.69, 9.17) is 5.73 Å². The van der Waals surface area contributed by atoms with Crippen molar-refractivity contribution in [2.75, 3.05) is 20.6 Å². The Morgan fingerprint density at radius 1 is 1.30 bits per heavy atom. The van der Waals surface area contributed by atoms with Crippen molar-refractivity contribution in [2.45, 2.75) is 64.5 Å². The lowest BCUT2D eigenvalue weighted by atomic mass is 9.85. The maximum Gasteiger partial charge on any atom is 0.223 e. The Balaban J connectivity index is 2.47. The van der Waals surface area contributed by atoms with Gasteiger partial charge < -0.3 is 16.0 Å². The molecule has 0 aromatic rings. The van der Waals surface area contributed by atoms with E-state index in [1.165, 1.54) is 0 Å². The topological polar surface area (TPSA) is 58.4 Å². The third kappa shape index (κ3) is 5.06. The molecule has 0 aromatic carbocycles. The lowest BCUT2D eigenvalue weighted by Gasteiger charge is -2.32. The number of hydrogen-bond acceptors (Lipinski definition) is 3. The van der Waals surface area contributed by atoms with Gasteiger partial charge in [-0.2, -0.15) is 0 Å². The SMILES string of the molecule is CCC(CC)C(CNC(=O)C1CCCC(N)C1)N(C)C. The summed E-state index contributed by atoms with van der Waals surface area (Å²) in [5.74, 6) is 0.972. The standard InChI is InChI=1S/C16H33N3O/c1-5-12(6-2)15(19(3)4)11-18-16(20)13-8-7-9-14(17)10-13/h12-15H,5-11,17H2,1-4H3,(H,18,20). The second kappa shape index (κ2) is 8.63. The number of nitrogens with one attached hydrogen (secondary N) is 1. The molecule has 118 valence electrons. The smallest absolute Gasteiger partial charge is 0.223 e. The molecule has 0 aromatic heterocycles. The highest BCUT2D eigenvalue weighted by Gasteiger charge is 2.27. The van der Waals surface area contributed by atoms with Crippen LogP contribution in [0.4, 0.5) is 0 Å². The van der Waals surface area contributed by atoms with E-state index in [-0.39, 0.29) is 17.9 Å². The van der Waals surface area contributed by atoms with Gasteiger partial charge in [0.15, 0.2) is 0 Å². The molecule has 1 fully saturated rings. The molecule has 0 spiro atoms. The van der Waals surface area contributed by atoms with Crippen LogP contribution in [0.5, 0.6) is 0 Å². The minimum Gasteiger partial charge on any atom is -0.354 e. The maximum absolute atomic E-state index is 12.3. The van der Waals surface area contributed by atoms with Crippen LogP contribution >= 0.6 is 0 Å². The number of carbonyl (C=O) groups is 1. The van der Waals surface area contributed by atoms with Gasteiger partial charge in [-0.3, -0.25) is 4.79 Å². The molecule has 1 amide bonds. The number of rotatable bonds is 7. The number of nitrogens with zero attached hydrogens (tertiary/aromatic N) is 1. The highest BCUT2D eigenvalue weighted by Crippen LogP contribution is 2.23. The van der Waals surface area contributed by atoms with Crippen molar-refractivity contribution >= 4 is 5.91 Å². The van der Waals surface area contributed by atoms with E-state index in [1.807, 2.05) is 0 Å². The molecular formula is C16H33N3O. The molecule has 0 heterocycles. The largest absolute Gasteiger partial charge is 0.354 e. The normalized spacial score (nSPS) is 24.9. The van der Waals surface area contributed by atoms with E-state index < -0.39 is 0 Å². The first-order valence-electron chi connectivity index (χ1n) is 8.19. The predicted octanol–water partition coefficient (Wildman–Crippen LogP) is 1.99. The summed E-state index contributed by atoms with van der Waals surface area (Å²) in [6.45, 7) is 5.21. The van der Waals surface area contributed by atoms with Crippen molar-refractivity contribution in [3.8, 4) is 0 Å². The lowest BCUT2D eigenvalue weighted by molar-refractivity contribution is -0.126. The van der Waals surface area contributed by atoms with Gasteiger partial charge in [0, 0.05) is 24.5 Å². The minimum atomic E-state index is 0.128. The van der Waals surface area contributed by atoms with Crippen molar-refractivity contribution in [1.82, 2.24) is 10.2 Å². The van der Waals surface area contributed by atoms with E-state index >= 15 is 0 Å². The highest BCUT2D eigenvalue weighted by atomic mass is 16.1. The van der Waals surface area contributed by atoms with Gasteiger partial charge in [0.05, 0.1) is 0 Å². The van der Waals surface area contributed by atoms with Crippen molar-refractivity contribution in [3.63, 3.8) is 0 Å². The molecule has 0 bridgehead atoms. The molecule has 1 saturated carbocycles. The Hall–Kier alpha value is -0.610. The first kappa shape index (κ1) is 17.4. The van der Waals surface area contributed by atoms with E-state index in [0.717, 1.165) is 45.1 Å². The van der Waals surface area contributed by atoms with Crippen LogP contribution in [0.3, 0.4) is 0 Å². The zero-order valence-electron chi connectivity index (χ0n) is 13.7. The Bertz CT molecular complexity index is 289. The molecule has 0 radical (unpaired) electrons. The quantitative estimate of drug-likeness (QED) is 0.751. The fourth-order valence-corrected chi connectivity index (χ4v) is 3.42. The number of carbonyl (C=O) groups excluding carboxylic acids is 1. The Labute approximate surface area is 124 Å². The Morgan fingerprint density at radius 2 is 1.95 bits per heavy atom. The number of amides is 1. The molecule has 0 saturated heterocycles. The molecule has 1 aliphatic carbocycles. The predicted molar refractivity (Wildman–Crippen MR) is 84.5 cm³/mol. The number of hydrogen-bond donors (Lipinski definition) is 2. The molecule has 3 N–H and O–H groups in total. The molecule has 20 heavy (non-hydrogen) atoms. The molecule has 3 unspecified atom stereocenters. The van der Waals surface area contributed by atoms with E-state index in [0.29, 0.717) is 12.0 Å². The van der Waals surface area contributed by atoms with Gasteiger partial charge in [0.1, 0.15) is 0 Å². The number of nitrogens with two attached hydrogens (primary N) is 1. The van der Waals surface area contributed by atoms with Gasteiger partial charge in [-0.25, -0.2) is 0 Å². The fourth-order valence-electron chi connectivity index (χ4n) is 3.42. The summed E-state index contributed by atoms with van der Waals surface area (Å²) >= 11 is 0. The molecule has 0 aliphatic heterocycles. The third-order valence-corrected chi connectivity index (χ3v) is 4.83. The average Bonchev–Trinajstić information content (AvgIpc) is 2.42. The molecule has 4 nitrogen and oxygen atoms in total. The first-order chi connectivity index (χ1) is 9.49. The van der Waals surface area contributed by atoms with Gasteiger partial charge in [0.2, 0.25) is 5.91 Å². The van der Waals surface area contributed by atoms with Crippen molar-refractivity contribution in [3.05, 3.63) is 0 Å². The molecule has 3 atom stereocenters. The van der Waals surface area contributed by atoms with Crippen LogP contribution in [0.15, 0.2) is 0 Å². The van der Waals surface area contributed by atoms with Gasteiger partial charge >= 0.3 is 0 Å². The van der Waals surface area contributed by atoms with Crippen LogP contribution in [0.2, 0.25) is 0 Å². The van der Waals surface area contributed by atoms with E-state index in [9.17, 15) is 4.79 Å². The van der Waals surface area contributed by atoms with Crippen LogP contribution in [0.1, 0.15) is 52.4 Å². The van der Waals surface area contributed by atoms with Crippen molar-refractivity contribution in [2.24, 2.45) is 17.6 Å². The summed E-state index contributed by atoms with van der Waals surface area (Å²) in [5.41, 5.74) is 5.97. The average molecular weight is 283 g/mol. The molecule has 4 heteroatoms. The Morgan fingerprint density at radius 3 is 2.45 bits per heavy atom. The van der Waals surface area contributed by atoms with Crippen LogP contribution in [0.25, 0.3) is 0 Å². The van der Waals surface area contributed by atoms with Crippen LogP contribution in [0, 0.1) is 11.8 Å². The zero-order chi connectivity index (χ0) is 15.1. The van der Waals surface area contributed by atoms with E-state index in [2.05, 4.69) is 38.2 Å². The maximum atomic E-state index is 12.3. The van der Waals surface area contributed by atoms with Gasteiger partial charge in [-0.1, -0.05) is 33.1 Å². The summed E-state index contributed by atoms with van der Waals surface area (Å²) in [4.78, 5) is 14.5. The second-order valence-corrected chi connectivity index (χ2v) is 6.48. The van der Waals surface area contributed by atoms with Crippen LogP contribution in [-0.2, 0) is 4.79 Å².